The van der Waals surface area contributed by atoms with Crippen LogP contribution in [0.3, 0.4) is 0 Å². The molecule has 0 saturated carbocycles. The number of amides is 1. The molecule has 6 heteroatoms. The Kier molecular flexibility index (Phi) is 3.82. The van der Waals surface area contributed by atoms with Gasteiger partial charge < -0.3 is 15.7 Å². The zero-order chi connectivity index (χ0) is 14.2. The Hall–Kier alpha value is -1.14. The van der Waals surface area contributed by atoms with Gasteiger partial charge in [-0.2, -0.15) is 0 Å². The van der Waals surface area contributed by atoms with Crippen molar-refractivity contribution in [3.63, 3.8) is 0 Å². The van der Waals surface area contributed by atoms with E-state index in [-0.39, 0.29) is 12.1 Å². The number of amidine groups is 1. The van der Waals surface area contributed by atoms with Crippen LogP contribution in [-0.2, 0) is 4.79 Å². The van der Waals surface area contributed by atoms with Crippen molar-refractivity contribution >= 4 is 11.7 Å². The Morgan fingerprint density at radius 3 is 2.74 bits per heavy atom. The molecular formula is C13H24N4O2. The Morgan fingerprint density at radius 2 is 2.26 bits per heavy atom. The van der Waals surface area contributed by atoms with E-state index in [2.05, 4.69) is 18.7 Å². The molecule has 0 bridgehead atoms. The lowest BCUT2D eigenvalue weighted by atomic mass is 9.83. The summed E-state index contributed by atoms with van der Waals surface area (Å²) < 4.78 is 0. The van der Waals surface area contributed by atoms with Crippen LogP contribution in [0.15, 0.2) is 0 Å². The van der Waals surface area contributed by atoms with Crippen molar-refractivity contribution in [2.75, 3.05) is 26.2 Å². The average Bonchev–Trinajstić information content (AvgIpc) is 2.73. The van der Waals surface area contributed by atoms with Crippen LogP contribution < -0.4 is 5.73 Å². The number of nitrogens with two attached hydrogens (primary N) is 1. The molecule has 2 fully saturated rings. The molecule has 0 aromatic carbocycles. The predicted molar refractivity (Wildman–Crippen MR) is 72.9 cm³/mol. The second-order valence-corrected chi connectivity index (χ2v) is 6.05. The number of carbonyl (C=O) groups is 1. The van der Waals surface area contributed by atoms with E-state index in [1.165, 1.54) is 0 Å². The molecule has 0 aromatic rings. The van der Waals surface area contributed by atoms with Gasteiger partial charge in [0.2, 0.25) is 5.91 Å². The Balaban J connectivity index is 2.08. The number of hydrogen-bond acceptors (Lipinski definition) is 4. The molecule has 0 radical (unpaired) electrons. The number of nitrogens with one attached hydrogen (secondary N) is 1. The van der Waals surface area contributed by atoms with Crippen LogP contribution in [0, 0.1) is 11.3 Å². The van der Waals surface area contributed by atoms with Crippen molar-refractivity contribution < 1.29 is 9.90 Å². The minimum Gasteiger partial charge on any atom is -0.394 e. The first-order chi connectivity index (χ1) is 8.92. The third kappa shape index (κ3) is 2.23. The monoisotopic (exact) mass is 268 g/mol. The summed E-state index contributed by atoms with van der Waals surface area (Å²) >= 11 is 0. The SMILES string of the molecule is CC(C)CN1CCCC12CN([C@@H](CO)C(N)=O)C2=N. The number of nitrogens with zero attached hydrogens (tertiary/aromatic N) is 2. The topological polar surface area (TPSA) is 93.7 Å². The summed E-state index contributed by atoms with van der Waals surface area (Å²) in [6, 6.07) is -0.750. The number of carbonyl (C=O) groups excluding carboxylic acids is 1. The van der Waals surface area contributed by atoms with E-state index in [1.54, 1.807) is 4.90 Å². The number of primary amides is 1. The molecule has 0 aromatic heterocycles. The van der Waals surface area contributed by atoms with Crippen molar-refractivity contribution in [3.05, 3.63) is 0 Å². The third-order valence-corrected chi connectivity index (χ3v) is 4.25. The maximum absolute atomic E-state index is 11.3. The van der Waals surface area contributed by atoms with Gasteiger partial charge in [-0.15, -0.1) is 0 Å². The number of likely N-dealkylation sites (tertiary alicyclic amines) is 2. The molecule has 6 nitrogen and oxygen atoms in total. The standard InChI is InChI=1S/C13H24N4O2/c1-9(2)6-16-5-3-4-13(16)8-17(12(13)15)10(7-18)11(14)19/h9-10,15,18H,3-8H2,1-2H3,(H2,14,19)/t10-,13?/m0/s1. The maximum atomic E-state index is 11.3. The quantitative estimate of drug-likeness (QED) is 0.633. The molecule has 2 heterocycles. The van der Waals surface area contributed by atoms with E-state index < -0.39 is 11.9 Å². The Labute approximate surface area is 114 Å². The van der Waals surface area contributed by atoms with Gasteiger partial charge in [-0.1, -0.05) is 13.8 Å². The van der Waals surface area contributed by atoms with Gasteiger partial charge in [0.25, 0.3) is 0 Å². The van der Waals surface area contributed by atoms with Crippen LogP contribution in [0.1, 0.15) is 26.7 Å². The van der Waals surface area contributed by atoms with E-state index in [1.807, 2.05) is 0 Å². The van der Waals surface area contributed by atoms with Crippen molar-refractivity contribution in [1.29, 1.82) is 5.41 Å². The van der Waals surface area contributed by atoms with E-state index in [4.69, 9.17) is 11.1 Å². The normalized spacial score (nSPS) is 29.1. The number of rotatable bonds is 5. The maximum Gasteiger partial charge on any atom is 0.242 e. The van der Waals surface area contributed by atoms with Crippen molar-refractivity contribution in [3.8, 4) is 0 Å². The minimum absolute atomic E-state index is 0.215. The van der Waals surface area contributed by atoms with Crippen LogP contribution >= 0.6 is 0 Å². The molecule has 2 atom stereocenters. The second kappa shape index (κ2) is 5.09. The van der Waals surface area contributed by atoms with Gasteiger partial charge >= 0.3 is 0 Å². The van der Waals surface area contributed by atoms with E-state index in [0.29, 0.717) is 18.3 Å². The van der Waals surface area contributed by atoms with E-state index in [0.717, 1.165) is 25.9 Å². The zero-order valence-electron chi connectivity index (χ0n) is 11.7. The highest BCUT2D eigenvalue weighted by Crippen LogP contribution is 2.40. The molecule has 0 aliphatic carbocycles. The first-order valence-electron chi connectivity index (χ1n) is 6.93. The van der Waals surface area contributed by atoms with Gasteiger partial charge in [0.15, 0.2) is 0 Å². The minimum atomic E-state index is -0.750. The Morgan fingerprint density at radius 1 is 1.58 bits per heavy atom. The fourth-order valence-electron chi connectivity index (χ4n) is 3.31. The van der Waals surface area contributed by atoms with Gasteiger partial charge in [-0.05, 0) is 25.3 Å². The first-order valence-corrected chi connectivity index (χ1v) is 6.93. The highest BCUT2D eigenvalue weighted by molar-refractivity contribution is 5.99. The first kappa shape index (κ1) is 14.3. The molecule has 2 rings (SSSR count). The number of hydrogen-bond donors (Lipinski definition) is 3. The summed E-state index contributed by atoms with van der Waals surface area (Å²) in [6.07, 6.45) is 2.05. The molecule has 1 spiro atoms. The molecular weight excluding hydrogens is 244 g/mol. The molecule has 4 N–H and O–H groups in total. The van der Waals surface area contributed by atoms with Gasteiger partial charge in [-0.3, -0.25) is 15.1 Å². The van der Waals surface area contributed by atoms with Crippen LogP contribution in [0.2, 0.25) is 0 Å². The third-order valence-electron chi connectivity index (χ3n) is 4.25. The molecule has 2 aliphatic heterocycles. The van der Waals surface area contributed by atoms with Gasteiger partial charge in [0, 0.05) is 13.1 Å². The smallest absolute Gasteiger partial charge is 0.242 e. The molecule has 108 valence electrons. The predicted octanol–water partition coefficient (Wildman–Crippen LogP) is -0.384. The van der Waals surface area contributed by atoms with Crippen LogP contribution in [0.5, 0.6) is 0 Å². The molecule has 19 heavy (non-hydrogen) atoms. The van der Waals surface area contributed by atoms with Crippen molar-refractivity contribution in [2.45, 2.75) is 38.3 Å². The van der Waals surface area contributed by atoms with Gasteiger partial charge in [0.05, 0.1) is 12.1 Å². The Bertz CT molecular complexity index is 385. The fourth-order valence-corrected chi connectivity index (χ4v) is 3.31. The fraction of sp³-hybridized carbons (Fsp3) is 0.846. The lowest BCUT2D eigenvalue weighted by Crippen LogP contribution is -2.75. The average molecular weight is 268 g/mol. The van der Waals surface area contributed by atoms with Crippen molar-refractivity contribution in [2.24, 2.45) is 11.7 Å². The second-order valence-electron chi connectivity index (χ2n) is 6.05. The molecule has 1 amide bonds. The summed E-state index contributed by atoms with van der Waals surface area (Å²) in [5.41, 5.74) is 5.06. The van der Waals surface area contributed by atoms with Gasteiger partial charge in [-0.25, -0.2) is 0 Å². The molecule has 2 aliphatic rings. The van der Waals surface area contributed by atoms with Crippen molar-refractivity contribution in [1.82, 2.24) is 9.80 Å². The number of aliphatic hydroxyl groups is 1. The highest BCUT2D eigenvalue weighted by Gasteiger charge is 2.57. The van der Waals surface area contributed by atoms with Crippen LogP contribution in [0.4, 0.5) is 0 Å². The zero-order valence-corrected chi connectivity index (χ0v) is 11.7. The van der Waals surface area contributed by atoms with E-state index >= 15 is 0 Å². The summed E-state index contributed by atoms with van der Waals surface area (Å²) in [4.78, 5) is 15.3. The largest absolute Gasteiger partial charge is 0.394 e. The van der Waals surface area contributed by atoms with Crippen LogP contribution in [0.25, 0.3) is 0 Å². The highest BCUT2D eigenvalue weighted by atomic mass is 16.3. The summed E-state index contributed by atoms with van der Waals surface area (Å²) in [6.45, 7) is 6.63. The number of aliphatic hydroxyl groups excluding tert-OH is 1. The molecule has 2 saturated heterocycles. The summed E-state index contributed by atoms with van der Waals surface area (Å²) in [7, 11) is 0. The van der Waals surface area contributed by atoms with Crippen LogP contribution in [-0.4, -0.2) is 64.5 Å². The van der Waals surface area contributed by atoms with Gasteiger partial charge in [0.1, 0.15) is 11.9 Å². The lowest BCUT2D eigenvalue weighted by Gasteiger charge is -2.56. The van der Waals surface area contributed by atoms with E-state index in [9.17, 15) is 9.90 Å². The summed E-state index contributed by atoms with van der Waals surface area (Å²) in [5.74, 6) is 0.445. The lowest BCUT2D eigenvalue weighted by molar-refractivity contribution is -0.124. The molecule has 1 unspecified atom stereocenters. The summed E-state index contributed by atoms with van der Waals surface area (Å²) in [5, 5.41) is 17.5.